The molecule has 286 valence electrons. The number of amides is 4. The number of sulfonamides is 1. The molecule has 1 aromatic carbocycles. The standard InChI is InChI=1S/C39H42N8O7S/c1-23-20-42-31(21-41-23)34(48)43-30-14-6-4-2-3-5-10-24-19-39(24,38(51)46-55(52,53)26-15-16-26)45-35(49)32-18-25(22-47(32)37(30)50)54-36-29-12-8-7-11-27(29)28-13-9-17-40-33(28)44-36/h5,7-13,17,20-21,24-26,30,32H,2-4,6,14-16,18-19,22H2,1H3,(H,43,48)(H,45,49)(H,46,51)/t24-,25-,30+,32+,39-/m1/s1. The summed E-state index contributed by atoms with van der Waals surface area (Å²) in [5.74, 6) is -2.63. The minimum absolute atomic E-state index is 0.0253. The molecule has 2 saturated carbocycles. The average molecular weight is 767 g/mol. The van der Waals surface area contributed by atoms with Gasteiger partial charge in [0.1, 0.15) is 29.4 Å². The number of hydrogen-bond acceptors (Lipinski definition) is 11. The predicted molar refractivity (Wildman–Crippen MR) is 201 cm³/mol. The van der Waals surface area contributed by atoms with Crippen LogP contribution in [0.5, 0.6) is 5.88 Å². The molecule has 15 nitrogen and oxygen atoms in total. The van der Waals surface area contributed by atoms with Crippen molar-refractivity contribution in [2.75, 3.05) is 6.54 Å². The molecule has 2 aliphatic heterocycles. The lowest BCUT2D eigenvalue weighted by Gasteiger charge is -2.29. The van der Waals surface area contributed by atoms with E-state index in [9.17, 15) is 27.6 Å². The van der Waals surface area contributed by atoms with Gasteiger partial charge in [0.2, 0.25) is 27.7 Å². The maximum atomic E-state index is 14.6. The minimum Gasteiger partial charge on any atom is -0.472 e. The van der Waals surface area contributed by atoms with Gasteiger partial charge in [-0.25, -0.2) is 18.4 Å². The van der Waals surface area contributed by atoms with Crippen LogP contribution in [0.4, 0.5) is 0 Å². The number of pyridine rings is 2. The monoisotopic (exact) mass is 766 g/mol. The second-order valence-corrected chi connectivity index (χ2v) is 16.9. The Balaban J connectivity index is 1.12. The molecule has 4 amide bonds. The number of carbonyl (C=O) groups is 4. The summed E-state index contributed by atoms with van der Waals surface area (Å²) in [5.41, 5.74) is -0.357. The smallest absolute Gasteiger partial charge is 0.272 e. The number of carbonyl (C=O) groups excluding carboxylic acids is 4. The third-order valence-corrected chi connectivity index (χ3v) is 12.7. The molecule has 55 heavy (non-hydrogen) atoms. The Morgan fingerprint density at radius 1 is 0.964 bits per heavy atom. The van der Waals surface area contributed by atoms with Gasteiger partial charge in [0.25, 0.3) is 11.8 Å². The van der Waals surface area contributed by atoms with Crippen LogP contribution in [-0.4, -0.2) is 92.4 Å². The van der Waals surface area contributed by atoms with Gasteiger partial charge in [-0.3, -0.25) is 28.9 Å². The zero-order chi connectivity index (χ0) is 38.3. The highest BCUT2D eigenvalue weighted by atomic mass is 32.2. The van der Waals surface area contributed by atoms with Gasteiger partial charge < -0.3 is 20.3 Å². The number of ether oxygens (including phenoxy) is 1. The number of nitrogens with one attached hydrogen (secondary N) is 3. The quantitative estimate of drug-likeness (QED) is 0.184. The number of nitrogens with zero attached hydrogens (tertiary/aromatic N) is 5. The van der Waals surface area contributed by atoms with E-state index in [-0.39, 0.29) is 25.1 Å². The van der Waals surface area contributed by atoms with Gasteiger partial charge in [0, 0.05) is 35.5 Å². The summed E-state index contributed by atoms with van der Waals surface area (Å²) in [7, 11) is -3.90. The van der Waals surface area contributed by atoms with Crippen molar-refractivity contribution in [3.8, 4) is 5.88 Å². The van der Waals surface area contributed by atoms with E-state index in [1.807, 2.05) is 48.6 Å². The molecular weight excluding hydrogens is 725 g/mol. The Morgan fingerprint density at radius 2 is 1.76 bits per heavy atom. The van der Waals surface area contributed by atoms with Gasteiger partial charge in [-0.2, -0.15) is 4.98 Å². The van der Waals surface area contributed by atoms with Crippen LogP contribution in [0, 0.1) is 12.8 Å². The molecule has 3 N–H and O–H groups in total. The van der Waals surface area contributed by atoms with Crippen molar-refractivity contribution in [3.05, 3.63) is 78.5 Å². The molecule has 0 radical (unpaired) electrons. The van der Waals surface area contributed by atoms with Gasteiger partial charge in [0.15, 0.2) is 5.65 Å². The van der Waals surface area contributed by atoms with Crippen molar-refractivity contribution in [2.45, 2.75) is 93.7 Å². The average Bonchev–Trinajstić information content (AvgIpc) is 4.11. The van der Waals surface area contributed by atoms with Crippen molar-refractivity contribution in [3.63, 3.8) is 0 Å². The Kier molecular flexibility index (Phi) is 9.69. The second kappa shape index (κ2) is 14.6. The van der Waals surface area contributed by atoms with E-state index in [0.717, 1.165) is 29.0 Å². The molecular formula is C39H42N8O7S. The zero-order valence-electron chi connectivity index (χ0n) is 30.3. The maximum absolute atomic E-state index is 14.6. The molecule has 3 aromatic heterocycles. The van der Waals surface area contributed by atoms with E-state index >= 15 is 0 Å². The van der Waals surface area contributed by atoms with Gasteiger partial charge in [-0.15, -0.1) is 0 Å². The molecule has 5 heterocycles. The number of allylic oxidation sites excluding steroid dienone is 1. The van der Waals surface area contributed by atoms with Gasteiger partial charge >= 0.3 is 0 Å². The molecule has 8 rings (SSSR count). The SMILES string of the molecule is Cc1cnc(C(=O)N[C@H]2CCCCCC=C[C@@H]3C[C@@]3(C(=O)NS(=O)(=O)C3CC3)NC(=O)[C@@H]3C[C@@H](Oc4nc5ncccc5c5ccccc45)CN3C2=O)cn1. The van der Waals surface area contributed by atoms with Crippen molar-refractivity contribution in [1.82, 2.24) is 40.2 Å². The third-order valence-electron chi connectivity index (χ3n) is 10.9. The highest BCUT2D eigenvalue weighted by Crippen LogP contribution is 2.46. The fourth-order valence-corrected chi connectivity index (χ4v) is 8.96. The van der Waals surface area contributed by atoms with Crippen LogP contribution in [0.2, 0.25) is 0 Å². The molecule has 1 saturated heterocycles. The molecule has 3 fully saturated rings. The fraction of sp³-hybridized carbons (Fsp3) is 0.436. The molecule has 4 aromatic rings. The minimum atomic E-state index is -3.90. The van der Waals surface area contributed by atoms with Gasteiger partial charge in [-0.05, 0) is 69.0 Å². The summed E-state index contributed by atoms with van der Waals surface area (Å²) in [5, 5.41) is 7.55. The number of rotatable bonds is 7. The first-order chi connectivity index (χ1) is 26.5. The first-order valence-corrected chi connectivity index (χ1v) is 20.3. The van der Waals surface area contributed by atoms with E-state index in [0.29, 0.717) is 49.3 Å². The number of hydrogen-bond donors (Lipinski definition) is 3. The van der Waals surface area contributed by atoms with Gasteiger partial charge in [-0.1, -0.05) is 43.2 Å². The molecule has 16 heteroatoms. The summed E-state index contributed by atoms with van der Waals surface area (Å²) in [6, 6.07) is 9.23. The maximum Gasteiger partial charge on any atom is 0.272 e. The first-order valence-electron chi connectivity index (χ1n) is 18.8. The molecule has 0 spiro atoms. The predicted octanol–water partition coefficient (Wildman–Crippen LogP) is 3.03. The summed E-state index contributed by atoms with van der Waals surface area (Å²) in [6.07, 6.45) is 11.9. The molecule has 0 unspecified atom stereocenters. The van der Waals surface area contributed by atoms with E-state index in [1.165, 1.54) is 17.3 Å². The summed E-state index contributed by atoms with van der Waals surface area (Å²) in [6.45, 7) is 1.73. The Hall–Kier alpha value is -5.51. The van der Waals surface area contributed by atoms with Crippen LogP contribution >= 0.6 is 0 Å². The first kappa shape index (κ1) is 36.5. The van der Waals surface area contributed by atoms with Crippen LogP contribution in [-0.2, 0) is 24.4 Å². The van der Waals surface area contributed by atoms with E-state index in [4.69, 9.17) is 9.72 Å². The van der Waals surface area contributed by atoms with E-state index in [2.05, 4.69) is 30.3 Å². The lowest BCUT2D eigenvalue weighted by atomic mass is 10.0. The van der Waals surface area contributed by atoms with Crippen LogP contribution in [0.3, 0.4) is 0 Å². The summed E-state index contributed by atoms with van der Waals surface area (Å²) >= 11 is 0. The molecule has 5 atom stereocenters. The van der Waals surface area contributed by atoms with E-state index in [1.54, 1.807) is 13.1 Å². The van der Waals surface area contributed by atoms with Gasteiger partial charge in [0.05, 0.1) is 23.7 Å². The second-order valence-electron chi connectivity index (χ2n) is 14.9. The largest absolute Gasteiger partial charge is 0.472 e. The van der Waals surface area contributed by atoms with Crippen LogP contribution < -0.4 is 20.1 Å². The topological polar surface area (TPSA) is 203 Å². The Bertz CT molecular complexity index is 2320. The molecule has 0 bridgehead atoms. The number of fused-ring (bicyclic) bond motifs is 5. The molecule has 2 aliphatic carbocycles. The van der Waals surface area contributed by atoms with Crippen molar-refractivity contribution < 1.29 is 32.3 Å². The van der Waals surface area contributed by atoms with Crippen molar-refractivity contribution >= 4 is 55.5 Å². The number of aromatic nitrogens is 4. The van der Waals surface area contributed by atoms with Crippen LogP contribution in [0.15, 0.2) is 67.1 Å². The van der Waals surface area contributed by atoms with Crippen molar-refractivity contribution in [1.29, 1.82) is 0 Å². The normalized spacial score (nSPS) is 25.9. The molecule has 4 aliphatic rings. The number of benzene rings is 1. The Morgan fingerprint density at radius 3 is 2.55 bits per heavy atom. The lowest BCUT2D eigenvalue weighted by Crippen LogP contribution is -2.58. The van der Waals surface area contributed by atoms with Crippen LogP contribution in [0.1, 0.15) is 74.0 Å². The van der Waals surface area contributed by atoms with Crippen LogP contribution in [0.25, 0.3) is 21.8 Å². The highest BCUT2D eigenvalue weighted by Gasteiger charge is 2.62. The third kappa shape index (κ3) is 7.46. The summed E-state index contributed by atoms with van der Waals surface area (Å²) < 4.78 is 34.5. The fourth-order valence-electron chi connectivity index (χ4n) is 7.59. The number of aryl methyl sites for hydroxylation is 1. The van der Waals surface area contributed by atoms with Crippen molar-refractivity contribution in [2.24, 2.45) is 5.92 Å². The van der Waals surface area contributed by atoms with E-state index < -0.39 is 68.5 Å². The highest BCUT2D eigenvalue weighted by molar-refractivity contribution is 7.91. The summed E-state index contributed by atoms with van der Waals surface area (Å²) in [4.78, 5) is 75.2. The zero-order valence-corrected chi connectivity index (χ0v) is 31.1. The lowest BCUT2D eigenvalue weighted by molar-refractivity contribution is -0.141. The Labute approximate surface area is 317 Å².